The summed E-state index contributed by atoms with van der Waals surface area (Å²) < 4.78 is 10.8. The molecule has 0 amide bonds. The molecule has 0 saturated carbocycles. The summed E-state index contributed by atoms with van der Waals surface area (Å²) in [4.78, 5) is 29.4. The van der Waals surface area contributed by atoms with E-state index >= 15 is 0 Å². The Kier molecular flexibility index (Phi) is 12.6. The van der Waals surface area contributed by atoms with Crippen molar-refractivity contribution in [1.29, 1.82) is 0 Å². The topological polar surface area (TPSA) is 59.1 Å². The Labute approximate surface area is 147 Å². The second-order valence-corrected chi connectivity index (χ2v) is 5.67. The number of ether oxygens (including phenoxy) is 2. The lowest BCUT2D eigenvalue weighted by Crippen LogP contribution is -2.60. The van der Waals surface area contributed by atoms with Crippen molar-refractivity contribution in [2.75, 3.05) is 39.4 Å². The van der Waals surface area contributed by atoms with Gasteiger partial charge in [0.1, 0.15) is 12.1 Å². The Bertz CT molecular complexity index is 321. The van der Waals surface area contributed by atoms with Gasteiger partial charge in [-0.05, 0) is 39.0 Å². The number of hydrogen-bond acceptors (Lipinski definition) is 6. The first kappa shape index (κ1) is 22.9. The van der Waals surface area contributed by atoms with E-state index in [1.54, 1.807) is 0 Å². The van der Waals surface area contributed by atoms with Gasteiger partial charge in [-0.1, -0.05) is 41.5 Å². The Hall–Kier alpha value is -1.14. The summed E-state index contributed by atoms with van der Waals surface area (Å²) >= 11 is 0. The molecule has 2 atom stereocenters. The molecule has 0 aromatic rings. The first-order valence-electron chi connectivity index (χ1n) is 9.33. The van der Waals surface area contributed by atoms with Crippen LogP contribution in [0.3, 0.4) is 0 Å². The molecule has 0 radical (unpaired) electrons. The van der Waals surface area contributed by atoms with Crippen LogP contribution in [0.15, 0.2) is 0 Å². The summed E-state index contributed by atoms with van der Waals surface area (Å²) in [7, 11) is 0. The molecular weight excluding hydrogens is 308 g/mol. The van der Waals surface area contributed by atoms with Crippen LogP contribution in [0, 0.1) is 0 Å². The standard InChI is InChI=1S/C18H36N2O4/c1-7-13-23-17(21)15(19(9-3)10-4)16(20(11-5)12-6)18(22)24-14-8-2/h15-16H,7-14H2,1-6H3. The number of carbonyl (C=O) groups excluding carboxylic acids is 2. The fraction of sp³-hybridized carbons (Fsp3) is 0.889. The Morgan fingerprint density at radius 3 is 1.17 bits per heavy atom. The molecule has 6 heteroatoms. The van der Waals surface area contributed by atoms with Crippen molar-refractivity contribution in [3.63, 3.8) is 0 Å². The van der Waals surface area contributed by atoms with Gasteiger partial charge in [-0.3, -0.25) is 19.4 Å². The van der Waals surface area contributed by atoms with Gasteiger partial charge in [0.2, 0.25) is 0 Å². The van der Waals surface area contributed by atoms with E-state index in [0.717, 1.165) is 12.8 Å². The van der Waals surface area contributed by atoms with Gasteiger partial charge in [-0.2, -0.15) is 0 Å². The van der Waals surface area contributed by atoms with Crippen LogP contribution in [-0.2, 0) is 19.1 Å². The number of likely N-dealkylation sites (N-methyl/N-ethyl adjacent to an activating group) is 2. The van der Waals surface area contributed by atoms with E-state index in [9.17, 15) is 9.59 Å². The van der Waals surface area contributed by atoms with Crippen molar-refractivity contribution >= 4 is 11.9 Å². The largest absolute Gasteiger partial charge is 0.464 e. The maximum Gasteiger partial charge on any atom is 0.325 e. The smallest absolute Gasteiger partial charge is 0.325 e. The van der Waals surface area contributed by atoms with E-state index in [1.807, 2.05) is 51.3 Å². The maximum atomic E-state index is 12.7. The predicted octanol–water partition coefficient (Wildman–Crippen LogP) is 2.31. The lowest BCUT2D eigenvalue weighted by molar-refractivity contribution is -0.164. The van der Waals surface area contributed by atoms with E-state index in [1.165, 1.54) is 0 Å². The van der Waals surface area contributed by atoms with E-state index in [0.29, 0.717) is 39.4 Å². The molecule has 0 aromatic carbocycles. The molecule has 0 N–H and O–H groups in total. The molecule has 0 aliphatic rings. The molecule has 6 nitrogen and oxygen atoms in total. The van der Waals surface area contributed by atoms with Crippen molar-refractivity contribution < 1.29 is 19.1 Å². The summed E-state index contributed by atoms with van der Waals surface area (Å²) in [5.74, 6) is -0.684. The van der Waals surface area contributed by atoms with Crippen LogP contribution in [0.1, 0.15) is 54.4 Å². The third-order valence-electron chi connectivity index (χ3n) is 4.09. The number of carbonyl (C=O) groups is 2. The minimum atomic E-state index is -0.643. The summed E-state index contributed by atoms with van der Waals surface area (Å²) in [5, 5.41) is 0. The molecule has 0 aliphatic carbocycles. The van der Waals surface area contributed by atoms with Crippen LogP contribution in [-0.4, -0.2) is 73.2 Å². The van der Waals surface area contributed by atoms with Crippen molar-refractivity contribution in [3.8, 4) is 0 Å². The zero-order chi connectivity index (χ0) is 18.5. The fourth-order valence-corrected chi connectivity index (χ4v) is 2.77. The second kappa shape index (κ2) is 13.2. The first-order valence-corrected chi connectivity index (χ1v) is 9.33. The van der Waals surface area contributed by atoms with Crippen LogP contribution in [0.5, 0.6) is 0 Å². The highest BCUT2D eigenvalue weighted by Gasteiger charge is 2.42. The molecule has 142 valence electrons. The van der Waals surface area contributed by atoms with Gasteiger partial charge in [0, 0.05) is 0 Å². The van der Waals surface area contributed by atoms with Gasteiger partial charge in [-0.15, -0.1) is 0 Å². The summed E-state index contributed by atoms with van der Waals surface area (Å²) in [6.45, 7) is 15.3. The molecule has 0 spiro atoms. The van der Waals surface area contributed by atoms with Gasteiger partial charge in [-0.25, -0.2) is 0 Å². The minimum absolute atomic E-state index is 0.342. The quantitative estimate of drug-likeness (QED) is 0.478. The average molecular weight is 344 g/mol. The number of esters is 2. The highest BCUT2D eigenvalue weighted by Crippen LogP contribution is 2.16. The van der Waals surface area contributed by atoms with E-state index in [4.69, 9.17) is 9.47 Å². The van der Waals surface area contributed by atoms with E-state index < -0.39 is 12.1 Å². The number of nitrogens with zero attached hydrogens (tertiary/aromatic N) is 2. The van der Waals surface area contributed by atoms with Gasteiger partial charge in [0.25, 0.3) is 0 Å². The second-order valence-electron chi connectivity index (χ2n) is 5.67. The minimum Gasteiger partial charge on any atom is -0.464 e. The third-order valence-corrected chi connectivity index (χ3v) is 4.09. The van der Waals surface area contributed by atoms with Crippen LogP contribution in [0.4, 0.5) is 0 Å². The number of rotatable bonds is 13. The molecule has 0 aliphatic heterocycles. The summed E-state index contributed by atoms with van der Waals surface area (Å²) in [6.07, 6.45) is 1.51. The zero-order valence-corrected chi connectivity index (χ0v) is 16.3. The fourth-order valence-electron chi connectivity index (χ4n) is 2.77. The molecule has 0 aromatic heterocycles. The molecule has 0 fully saturated rings. The highest BCUT2D eigenvalue weighted by atomic mass is 16.5. The Morgan fingerprint density at radius 1 is 0.667 bits per heavy atom. The van der Waals surface area contributed by atoms with E-state index in [-0.39, 0.29) is 11.9 Å². The van der Waals surface area contributed by atoms with Crippen molar-refractivity contribution in [2.24, 2.45) is 0 Å². The zero-order valence-electron chi connectivity index (χ0n) is 16.3. The van der Waals surface area contributed by atoms with Crippen LogP contribution < -0.4 is 0 Å². The Balaban J connectivity index is 5.66. The van der Waals surface area contributed by atoms with Crippen LogP contribution in [0.25, 0.3) is 0 Å². The summed E-state index contributed by atoms with van der Waals surface area (Å²) in [6, 6.07) is -1.29. The molecule has 0 bridgehead atoms. The molecule has 24 heavy (non-hydrogen) atoms. The van der Waals surface area contributed by atoms with Crippen molar-refractivity contribution in [1.82, 2.24) is 9.80 Å². The lowest BCUT2D eigenvalue weighted by atomic mass is 10.0. The molecule has 0 heterocycles. The number of hydrogen-bond donors (Lipinski definition) is 0. The van der Waals surface area contributed by atoms with Gasteiger partial charge >= 0.3 is 11.9 Å². The molecular formula is C18H36N2O4. The predicted molar refractivity (Wildman–Crippen MR) is 95.9 cm³/mol. The highest BCUT2D eigenvalue weighted by molar-refractivity contribution is 5.87. The summed E-state index contributed by atoms with van der Waals surface area (Å²) in [5.41, 5.74) is 0. The monoisotopic (exact) mass is 344 g/mol. The molecule has 0 rings (SSSR count). The third kappa shape index (κ3) is 6.77. The Morgan fingerprint density at radius 2 is 0.958 bits per heavy atom. The molecule has 0 saturated heterocycles. The maximum absolute atomic E-state index is 12.7. The van der Waals surface area contributed by atoms with Gasteiger partial charge in [0.05, 0.1) is 13.2 Å². The van der Waals surface area contributed by atoms with E-state index in [2.05, 4.69) is 0 Å². The lowest BCUT2D eigenvalue weighted by Gasteiger charge is -2.38. The normalized spacial score (nSPS) is 13.8. The average Bonchev–Trinajstić information content (AvgIpc) is 2.60. The first-order chi connectivity index (χ1) is 11.5. The van der Waals surface area contributed by atoms with Gasteiger partial charge < -0.3 is 9.47 Å². The molecule has 2 unspecified atom stereocenters. The van der Waals surface area contributed by atoms with Crippen LogP contribution in [0.2, 0.25) is 0 Å². The SMILES string of the molecule is CCCOC(=O)C(C(C(=O)OCCC)N(CC)CC)N(CC)CC. The van der Waals surface area contributed by atoms with Crippen molar-refractivity contribution in [2.45, 2.75) is 66.5 Å². The van der Waals surface area contributed by atoms with Crippen LogP contribution >= 0.6 is 0 Å². The van der Waals surface area contributed by atoms with Gasteiger partial charge in [0.15, 0.2) is 0 Å². The van der Waals surface area contributed by atoms with Crippen molar-refractivity contribution in [3.05, 3.63) is 0 Å².